The normalized spacial score (nSPS) is 11.2. The van der Waals surface area contributed by atoms with Crippen LogP contribution in [0.4, 0.5) is 0 Å². The molecule has 0 aromatic heterocycles. The largest absolute Gasteiger partial charge is 0.291 e. The molecule has 1 radical (unpaired) electrons. The van der Waals surface area contributed by atoms with Crippen LogP contribution < -0.4 is 0 Å². The van der Waals surface area contributed by atoms with Crippen molar-refractivity contribution in [2.45, 2.75) is 2.14 Å². The number of halogens is 3. The van der Waals surface area contributed by atoms with Gasteiger partial charge in [-0.2, -0.15) is 0 Å². The minimum Gasteiger partial charge on any atom is -0.291 e. The highest BCUT2D eigenvalue weighted by molar-refractivity contribution is 9.40. The molecule has 4 heteroatoms. The van der Waals surface area contributed by atoms with Crippen LogP contribution in [-0.2, 0) is 0 Å². The van der Waals surface area contributed by atoms with E-state index in [1.54, 1.807) is 24.3 Å². The summed E-state index contributed by atoms with van der Waals surface area (Å²) in [6.45, 7) is 0. The molecule has 63 valence electrons. The lowest BCUT2D eigenvalue weighted by atomic mass is 10.2. The van der Waals surface area contributed by atoms with Crippen molar-refractivity contribution in [2.24, 2.45) is 0 Å². The van der Waals surface area contributed by atoms with Crippen molar-refractivity contribution < 1.29 is 4.79 Å². The Hall–Kier alpha value is 0.330. The molecule has 0 aliphatic carbocycles. The van der Waals surface area contributed by atoms with Crippen LogP contribution in [0, 0.1) is 6.07 Å². The maximum Gasteiger partial charge on any atom is 0.201 e. The quantitative estimate of drug-likeness (QED) is 0.556. The summed E-state index contributed by atoms with van der Waals surface area (Å²) in [5.41, 5.74) is 0.624. The van der Waals surface area contributed by atoms with E-state index in [1.165, 1.54) is 0 Å². The Labute approximate surface area is 95.9 Å². The van der Waals surface area contributed by atoms with Crippen LogP contribution in [0.25, 0.3) is 0 Å². The van der Waals surface area contributed by atoms with Crippen LogP contribution in [-0.4, -0.2) is 7.93 Å². The van der Waals surface area contributed by atoms with E-state index < -0.39 is 2.14 Å². The van der Waals surface area contributed by atoms with Gasteiger partial charge in [-0.05, 0) is 6.07 Å². The molecule has 0 aliphatic heterocycles. The maximum atomic E-state index is 11.5. The predicted molar refractivity (Wildman–Crippen MR) is 59.1 cm³/mol. The molecular weight excluding hydrogens is 352 g/mol. The minimum absolute atomic E-state index is 0.0727. The third kappa shape index (κ3) is 2.68. The van der Waals surface area contributed by atoms with Crippen molar-refractivity contribution in [3.63, 3.8) is 0 Å². The number of carbonyl (C=O) groups excluding carboxylic acids is 1. The van der Waals surface area contributed by atoms with Crippen molar-refractivity contribution in [1.29, 1.82) is 0 Å². The first kappa shape index (κ1) is 10.4. The first-order valence-corrected chi connectivity index (χ1v) is 5.47. The average molecular weight is 356 g/mol. The SMILES string of the molecule is O=C(c1cc[c]cc1)C(Br)(Br)Br. The second-order valence-corrected chi connectivity index (χ2v) is 8.88. The number of hydrogen-bond acceptors (Lipinski definition) is 1. The fourth-order valence-electron chi connectivity index (χ4n) is 0.702. The van der Waals surface area contributed by atoms with E-state index in [9.17, 15) is 4.79 Å². The summed E-state index contributed by atoms with van der Waals surface area (Å²) in [6, 6.07) is 9.66. The number of alkyl halides is 3. The van der Waals surface area contributed by atoms with Gasteiger partial charge in [0.1, 0.15) is 0 Å². The monoisotopic (exact) mass is 353 g/mol. The topological polar surface area (TPSA) is 17.1 Å². The van der Waals surface area contributed by atoms with Gasteiger partial charge in [-0.3, -0.25) is 4.79 Å². The Morgan fingerprint density at radius 2 is 1.75 bits per heavy atom. The molecule has 0 aliphatic rings. The Balaban J connectivity index is 2.94. The number of benzene rings is 1. The van der Waals surface area contributed by atoms with Crippen LogP contribution in [0.5, 0.6) is 0 Å². The maximum absolute atomic E-state index is 11.5. The molecule has 0 heterocycles. The molecule has 0 fully saturated rings. The molecule has 0 saturated carbocycles. The van der Waals surface area contributed by atoms with Gasteiger partial charge in [0.25, 0.3) is 0 Å². The molecular formula is C8H4Br3O. The standard InChI is InChI=1S/C8H4Br3O/c9-8(10,11)7(12)6-4-2-1-3-5-6/h2-5H. The van der Waals surface area contributed by atoms with Gasteiger partial charge in [-0.15, -0.1) is 0 Å². The van der Waals surface area contributed by atoms with E-state index in [1.807, 2.05) is 0 Å². The van der Waals surface area contributed by atoms with Crippen molar-refractivity contribution in [1.82, 2.24) is 0 Å². The van der Waals surface area contributed by atoms with Gasteiger partial charge in [0.15, 0.2) is 2.14 Å². The zero-order chi connectivity index (χ0) is 9.19. The highest BCUT2D eigenvalue weighted by Gasteiger charge is 2.29. The Kier molecular flexibility index (Phi) is 3.49. The van der Waals surface area contributed by atoms with Crippen LogP contribution in [0.15, 0.2) is 24.3 Å². The summed E-state index contributed by atoms with van der Waals surface area (Å²) in [5, 5.41) is 0. The summed E-state index contributed by atoms with van der Waals surface area (Å²) < 4.78 is -0.853. The lowest BCUT2D eigenvalue weighted by Crippen LogP contribution is -2.16. The summed E-state index contributed by atoms with van der Waals surface area (Å²) in [6.07, 6.45) is 0. The smallest absolute Gasteiger partial charge is 0.201 e. The predicted octanol–water partition coefficient (Wildman–Crippen LogP) is 3.51. The number of carbonyl (C=O) groups is 1. The fraction of sp³-hybridized carbons (Fsp3) is 0.125. The third-order valence-electron chi connectivity index (χ3n) is 1.24. The van der Waals surface area contributed by atoms with Gasteiger partial charge in [0.05, 0.1) is 0 Å². The second kappa shape index (κ2) is 4.03. The molecule has 12 heavy (non-hydrogen) atoms. The van der Waals surface area contributed by atoms with Crippen LogP contribution in [0.1, 0.15) is 10.4 Å². The van der Waals surface area contributed by atoms with E-state index in [0.29, 0.717) is 5.56 Å². The van der Waals surface area contributed by atoms with Crippen LogP contribution in [0.3, 0.4) is 0 Å². The Morgan fingerprint density at radius 3 is 2.17 bits per heavy atom. The molecule has 0 atom stereocenters. The first-order valence-electron chi connectivity index (χ1n) is 3.09. The molecule has 0 saturated heterocycles. The van der Waals surface area contributed by atoms with Gasteiger partial charge >= 0.3 is 0 Å². The lowest BCUT2D eigenvalue weighted by molar-refractivity contribution is 0.101. The molecule has 0 spiro atoms. The van der Waals surface area contributed by atoms with Gasteiger partial charge in [-0.25, -0.2) is 0 Å². The average Bonchev–Trinajstić information content (AvgIpc) is 2.03. The Bertz CT molecular complexity index is 276. The summed E-state index contributed by atoms with van der Waals surface area (Å²) >= 11 is 9.46. The molecule has 1 aromatic rings. The van der Waals surface area contributed by atoms with Gasteiger partial charge in [-0.1, -0.05) is 72.1 Å². The first-order chi connectivity index (χ1) is 5.52. The summed E-state index contributed by atoms with van der Waals surface area (Å²) in [5.74, 6) is -0.0727. The molecule has 1 rings (SSSR count). The van der Waals surface area contributed by atoms with Crippen molar-refractivity contribution >= 4 is 53.6 Å². The third-order valence-corrected chi connectivity index (χ3v) is 2.32. The highest BCUT2D eigenvalue weighted by atomic mass is 80.0. The Morgan fingerprint density at radius 1 is 1.25 bits per heavy atom. The second-order valence-electron chi connectivity index (χ2n) is 2.12. The van der Waals surface area contributed by atoms with E-state index in [-0.39, 0.29) is 5.78 Å². The van der Waals surface area contributed by atoms with Gasteiger partial charge in [0.2, 0.25) is 5.78 Å². The molecule has 0 unspecified atom stereocenters. The van der Waals surface area contributed by atoms with E-state index in [4.69, 9.17) is 0 Å². The minimum atomic E-state index is -0.853. The number of Topliss-reactive ketones (excluding diaryl/α,β-unsaturated/α-hetero) is 1. The number of rotatable bonds is 1. The van der Waals surface area contributed by atoms with Crippen LogP contribution in [0.2, 0.25) is 0 Å². The van der Waals surface area contributed by atoms with E-state index in [2.05, 4.69) is 53.9 Å². The number of ketones is 1. The molecule has 0 amide bonds. The van der Waals surface area contributed by atoms with Gasteiger partial charge in [0, 0.05) is 5.56 Å². The van der Waals surface area contributed by atoms with Crippen molar-refractivity contribution in [2.75, 3.05) is 0 Å². The molecule has 0 N–H and O–H groups in total. The van der Waals surface area contributed by atoms with E-state index in [0.717, 1.165) is 0 Å². The summed E-state index contributed by atoms with van der Waals surface area (Å²) in [7, 11) is 0. The molecule has 1 aromatic carbocycles. The molecule has 0 bridgehead atoms. The zero-order valence-corrected chi connectivity index (χ0v) is 10.6. The highest BCUT2D eigenvalue weighted by Crippen LogP contribution is 2.36. The lowest BCUT2D eigenvalue weighted by Gasteiger charge is -2.09. The van der Waals surface area contributed by atoms with Crippen molar-refractivity contribution in [3.05, 3.63) is 35.9 Å². The molecule has 1 nitrogen and oxygen atoms in total. The van der Waals surface area contributed by atoms with Crippen LogP contribution >= 0.6 is 47.8 Å². The van der Waals surface area contributed by atoms with Crippen molar-refractivity contribution in [3.8, 4) is 0 Å². The summed E-state index contributed by atoms with van der Waals surface area (Å²) in [4.78, 5) is 11.5. The zero-order valence-electron chi connectivity index (χ0n) is 5.85. The number of hydrogen-bond donors (Lipinski definition) is 0. The fourth-order valence-corrected chi connectivity index (χ4v) is 1.39. The van der Waals surface area contributed by atoms with Gasteiger partial charge < -0.3 is 0 Å². The van der Waals surface area contributed by atoms with E-state index >= 15 is 0 Å².